The topological polar surface area (TPSA) is 101 Å². The first-order valence-corrected chi connectivity index (χ1v) is 10.1. The van der Waals surface area contributed by atoms with E-state index in [0.717, 1.165) is 22.6 Å². The van der Waals surface area contributed by atoms with Gasteiger partial charge in [-0.25, -0.2) is 9.61 Å². The third-order valence-corrected chi connectivity index (χ3v) is 5.36. The third-order valence-electron chi connectivity index (χ3n) is 4.43. The molecule has 4 rings (SSSR count). The maximum absolute atomic E-state index is 12.3. The van der Waals surface area contributed by atoms with Crippen LogP contribution in [0.15, 0.2) is 64.5 Å². The summed E-state index contributed by atoms with van der Waals surface area (Å²) in [5, 5.41) is 14.3. The lowest BCUT2D eigenvalue weighted by molar-refractivity contribution is -0.113. The zero-order valence-electron chi connectivity index (χ0n) is 16.4. The number of ether oxygens (including phenoxy) is 1. The van der Waals surface area contributed by atoms with Gasteiger partial charge in [-0.1, -0.05) is 29.5 Å². The van der Waals surface area contributed by atoms with Gasteiger partial charge < -0.3 is 10.1 Å². The first kappa shape index (κ1) is 19.7. The molecule has 0 aliphatic carbocycles. The Morgan fingerprint density at radius 2 is 1.90 bits per heavy atom. The van der Waals surface area contributed by atoms with Gasteiger partial charge in [-0.05, 0) is 49.4 Å². The fourth-order valence-electron chi connectivity index (χ4n) is 2.85. The predicted octanol–water partition coefficient (Wildman–Crippen LogP) is 3.13. The Bertz CT molecular complexity index is 1250. The van der Waals surface area contributed by atoms with Crippen LogP contribution < -0.4 is 15.6 Å². The zero-order valence-corrected chi connectivity index (χ0v) is 17.2. The largest absolute Gasteiger partial charge is 0.497 e. The van der Waals surface area contributed by atoms with E-state index in [9.17, 15) is 9.59 Å². The molecule has 0 fully saturated rings. The van der Waals surface area contributed by atoms with E-state index in [4.69, 9.17) is 4.74 Å². The standard InChI is InChI=1S/C21H19N5O3S/c1-13-3-7-15(8-4-13)22-19(27)12-30-21-24-23-20(28)18-11-17(25-26(18)21)14-5-9-16(29-2)10-6-14/h3-11H,12H2,1-2H3,(H,22,27)(H,23,28). The SMILES string of the molecule is COc1ccc(-c2cc3c(=O)[nH]nc(SCC(=O)Nc4ccc(C)cc4)n3n2)cc1. The highest BCUT2D eigenvalue weighted by atomic mass is 32.2. The van der Waals surface area contributed by atoms with Crippen LogP contribution in [0, 0.1) is 6.92 Å². The Hall–Kier alpha value is -3.59. The van der Waals surface area contributed by atoms with E-state index in [1.54, 1.807) is 13.2 Å². The fourth-order valence-corrected chi connectivity index (χ4v) is 3.56. The molecule has 9 heteroatoms. The molecular formula is C21H19N5O3S. The van der Waals surface area contributed by atoms with Gasteiger partial charge in [0.25, 0.3) is 5.56 Å². The molecule has 30 heavy (non-hydrogen) atoms. The smallest absolute Gasteiger partial charge is 0.290 e. The molecule has 0 unspecified atom stereocenters. The van der Waals surface area contributed by atoms with Gasteiger partial charge >= 0.3 is 0 Å². The normalized spacial score (nSPS) is 10.9. The third kappa shape index (κ3) is 4.20. The summed E-state index contributed by atoms with van der Waals surface area (Å²) in [6, 6.07) is 16.6. The molecule has 0 saturated heterocycles. The number of nitrogens with zero attached hydrogens (tertiary/aromatic N) is 3. The van der Waals surface area contributed by atoms with Crippen LogP contribution in [0.25, 0.3) is 16.8 Å². The Balaban J connectivity index is 1.54. The van der Waals surface area contributed by atoms with Crippen LogP contribution in [-0.4, -0.2) is 38.6 Å². The van der Waals surface area contributed by atoms with Gasteiger partial charge in [0.15, 0.2) is 0 Å². The number of aromatic amines is 1. The number of amides is 1. The molecule has 8 nitrogen and oxygen atoms in total. The van der Waals surface area contributed by atoms with Crippen molar-refractivity contribution < 1.29 is 9.53 Å². The van der Waals surface area contributed by atoms with E-state index in [1.165, 1.54) is 16.3 Å². The van der Waals surface area contributed by atoms with Crippen molar-refractivity contribution in [3.63, 3.8) is 0 Å². The molecule has 152 valence electrons. The monoisotopic (exact) mass is 421 g/mol. The van der Waals surface area contributed by atoms with Gasteiger partial charge in [-0.3, -0.25) is 9.59 Å². The van der Waals surface area contributed by atoms with Crippen LogP contribution in [0.2, 0.25) is 0 Å². The van der Waals surface area contributed by atoms with Gasteiger partial charge in [0.05, 0.1) is 18.6 Å². The lowest BCUT2D eigenvalue weighted by Crippen LogP contribution is -2.17. The van der Waals surface area contributed by atoms with Crippen LogP contribution in [0.1, 0.15) is 5.56 Å². The first-order valence-electron chi connectivity index (χ1n) is 9.16. The number of carbonyl (C=O) groups is 1. The van der Waals surface area contributed by atoms with E-state index in [0.29, 0.717) is 16.4 Å². The summed E-state index contributed by atoms with van der Waals surface area (Å²) in [5.41, 5.74) is 3.32. The molecule has 4 aromatic rings. The minimum atomic E-state index is -0.351. The van der Waals surface area contributed by atoms with Crippen LogP contribution in [0.5, 0.6) is 5.75 Å². The molecule has 0 bridgehead atoms. The van der Waals surface area contributed by atoms with Crippen molar-refractivity contribution in [2.24, 2.45) is 0 Å². The molecule has 2 aromatic heterocycles. The van der Waals surface area contributed by atoms with Crippen LogP contribution >= 0.6 is 11.8 Å². The quantitative estimate of drug-likeness (QED) is 0.464. The number of aromatic nitrogens is 4. The molecule has 1 amide bonds. The molecule has 0 aliphatic heterocycles. The average molecular weight is 421 g/mol. The number of hydrogen-bond acceptors (Lipinski definition) is 6. The molecule has 2 aromatic carbocycles. The summed E-state index contributed by atoms with van der Waals surface area (Å²) in [5.74, 6) is 0.685. The summed E-state index contributed by atoms with van der Waals surface area (Å²) in [6.45, 7) is 1.98. The molecule has 0 aliphatic rings. The number of thioether (sulfide) groups is 1. The summed E-state index contributed by atoms with van der Waals surface area (Å²) in [6.07, 6.45) is 0. The second kappa shape index (κ2) is 8.42. The van der Waals surface area contributed by atoms with E-state index in [2.05, 4.69) is 20.6 Å². The second-order valence-corrected chi connectivity index (χ2v) is 7.54. The highest BCUT2D eigenvalue weighted by molar-refractivity contribution is 7.99. The summed E-state index contributed by atoms with van der Waals surface area (Å²) in [4.78, 5) is 24.5. The number of methoxy groups -OCH3 is 1. The van der Waals surface area contributed by atoms with Crippen molar-refractivity contribution in [1.29, 1.82) is 0 Å². The van der Waals surface area contributed by atoms with E-state index < -0.39 is 0 Å². The Labute approximate surface area is 176 Å². The Kier molecular flexibility index (Phi) is 5.53. The highest BCUT2D eigenvalue weighted by Gasteiger charge is 2.14. The summed E-state index contributed by atoms with van der Waals surface area (Å²) in [7, 11) is 1.60. The lowest BCUT2D eigenvalue weighted by Gasteiger charge is -2.06. The number of hydrogen-bond donors (Lipinski definition) is 2. The van der Waals surface area contributed by atoms with Gasteiger partial charge in [0, 0.05) is 11.3 Å². The zero-order chi connectivity index (χ0) is 21.1. The number of carbonyl (C=O) groups excluding carboxylic acids is 1. The highest BCUT2D eigenvalue weighted by Crippen LogP contribution is 2.23. The molecule has 2 N–H and O–H groups in total. The second-order valence-electron chi connectivity index (χ2n) is 6.59. The molecule has 0 saturated carbocycles. The van der Waals surface area contributed by atoms with Gasteiger partial charge in [0.1, 0.15) is 11.3 Å². The number of H-pyrrole nitrogens is 1. The van der Waals surface area contributed by atoms with Gasteiger partial charge in [-0.2, -0.15) is 5.10 Å². The van der Waals surface area contributed by atoms with E-state index in [1.807, 2.05) is 55.5 Å². The maximum Gasteiger partial charge on any atom is 0.290 e. The number of nitrogens with one attached hydrogen (secondary N) is 2. The first-order chi connectivity index (χ1) is 14.5. The van der Waals surface area contributed by atoms with Crippen molar-refractivity contribution in [3.05, 3.63) is 70.5 Å². The van der Waals surface area contributed by atoms with Crippen LogP contribution in [-0.2, 0) is 4.79 Å². The number of fused-ring (bicyclic) bond motifs is 1. The van der Waals surface area contributed by atoms with Crippen molar-refractivity contribution in [3.8, 4) is 17.0 Å². The van der Waals surface area contributed by atoms with Crippen LogP contribution in [0.4, 0.5) is 5.69 Å². The average Bonchev–Trinajstić information content (AvgIpc) is 3.21. The van der Waals surface area contributed by atoms with Crippen molar-refractivity contribution in [2.45, 2.75) is 12.1 Å². The molecular weight excluding hydrogens is 402 g/mol. The van der Waals surface area contributed by atoms with Crippen molar-refractivity contribution in [1.82, 2.24) is 19.8 Å². The molecule has 2 heterocycles. The Morgan fingerprint density at radius 3 is 2.60 bits per heavy atom. The number of anilines is 1. The van der Waals surface area contributed by atoms with Crippen molar-refractivity contribution in [2.75, 3.05) is 18.2 Å². The fraction of sp³-hybridized carbons (Fsp3) is 0.143. The molecule has 0 atom stereocenters. The number of benzene rings is 2. The Morgan fingerprint density at radius 1 is 1.17 bits per heavy atom. The minimum Gasteiger partial charge on any atom is -0.497 e. The molecule has 0 spiro atoms. The van der Waals surface area contributed by atoms with Gasteiger partial charge in [0.2, 0.25) is 11.1 Å². The summed E-state index contributed by atoms with van der Waals surface area (Å²) < 4.78 is 6.63. The summed E-state index contributed by atoms with van der Waals surface area (Å²) >= 11 is 1.19. The van der Waals surface area contributed by atoms with Gasteiger partial charge in [-0.15, -0.1) is 5.10 Å². The van der Waals surface area contributed by atoms with Crippen LogP contribution in [0.3, 0.4) is 0 Å². The predicted molar refractivity (Wildman–Crippen MR) is 116 cm³/mol. The van der Waals surface area contributed by atoms with Crippen molar-refractivity contribution >= 4 is 28.9 Å². The maximum atomic E-state index is 12.3. The van der Waals surface area contributed by atoms with E-state index in [-0.39, 0.29) is 17.2 Å². The number of rotatable bonds is 6. The lowest BCUT2D eigenvalue weighted by atomic mass is 10.1. The minimum absolute atomic E-state index is 0.125. The van der Waals surface area contributed by atoms with E-state index >= 15 is 0 Å². The number of aryl methyl sites for hydroxylation is 1. The molecule has 0 radical (unpaired) electrons.